The molecule has 2 aromatic rings. The lowest BCUT2D eigenvalue weighted by Crippen LogP contribution is -2.43. The topological polar surface area (TPSA) is 64.4 Å². The van der Waals surface area contributed by atoms with E-state index in [-0.39, 0.29) is 23.0 Å². The van der Waals surface area contributed by atoms with Crippen LogP contribution < -0.4 is 0 Å². The highest BCUT2D eigenvalue weighted by molar-refractivity contribution is 8.00. The third-order valence-electron chi connectivity index (χ3n) is 5.04. The Morgan fingerprint density at radius 1 is 1.29 bits per heavy atom. The van der Waals surface area contributed by atoms with Crippen LogP contribution in [0.5, 0.6) is 0 Å². The first kappa shape index (κ1) is 20.5. The quantitative estimate of drug-likeness (QED) is 0.548. The number of aryl methyl sites for hydroxylation is 1. The number of likely N-dealkylation sites (tertiary alicyclic amines) is 1. The molecule has 1 unspecified atom stereocenters. The molecule has 2 heterocycles. The van der Waals surface area contributed by atoms with Crippen molar-refractivity contribution < 1.29 is 14.3 Å². The number of carbonyl (C=O) groups excluding carboxylic acids is 2. The molecule has 1 saturated heterocycles. The fourth-order valence-corrected chi connectivity index (χ4v) is 4.42. The van der Waals surface area contributed by atoms with E-state index in [0.29, 0.717) is 32.5 Å². The van der Waals surface area contributed by atoms with Gasteiger partial charge in [0, 0.05) is 25.5 Å². The predicted molar refractivity (Wildman–Crippen MR) is 110 cm³/mol. The Morgan fingerprint density at radius 3 is 2.68 bits per heavy atom. The molecule has 150 valence electrons. The van der Waals surface area contributed by atoms with E-state index < -0.39 is 0 Å². The van der Waals surface area contributed by atoms with Gasteiger partial charge in [0.05, 0.1) is 23.5 Å². The molecule has 0 bridgehead atoms. The molecule has 1 fully saturated rings. The second-order valence-corrected chi connectivity index (χ2v) is 8.29. The summed E-state index contributed by atoms with van der Waals surface area (Å²) >= 11 is 1.47. The Kier molecular flexibility index (Phi) is 6.78. The monoisotopic (exact) mass is 401 g/mol. The van der Waals surface area contributed by atoms with Crippen LogP contribution in [0.15, 0.2) is 41.8 Å². The third kappa shape index (κ3) is 4.58. The zero-order chi connectivity index (χ0) is 20.1. The second kappa shape index (κ2) is 9.28. The van der Waals surface area contributed by atoms with Crippen molar-refractivity contribution in [1.29, 1.82) is 0 Å². The van der Waals surface area contributed by atoms with Crippen LogP contribution in [-0.4, -0.2) is 51.3 Å². The molecule has 1 aliphatic rings. The van der Waals surface area contributed by atoms with Gasteiger partial charge in [-0.15, -0.1) is 0 Å². The standard InChI is InChI=1S/C21H27N3O3S/c1-4-27-20(26)17-9-12-23(13-10-17)19(25)16(3)28-21-22-11-14-24(21)18-8-6-5-7-15(18)2/h5-8,11,14,16-17H,4,9-10,12-13H2,1-3H3. The molecule has 0 radical (unpaired) electrons. The van der Waals surface area contributed by atoms with Crippen LogP contribution in [0.2, 0.25) is 0 Å². The van der Waals surface area contributed by atoms with Gasteiger partial charge in [0.15, 0.2) is 5.16 Å². The van der Waals surface area contributed by atoms with E-state index in [4.69, 9.17) is 4.74 Å². The molecule has 1 amide bonds. The van der Waals surface area contributed by atoms with Gasteiger partial charge in [-0.2, -0.15) is 0 Å². The van der Waals surface area contributed by atoms with Gasteiger partial charge in [-0.3, -0.25) is 14.2 Å². The van der Waals surface area contributed by atoms with E-state index in [9.17, 15) is 9.59 Å². The number of thioether (sulfide) groups is 1. The summed E-state index contributed by atoms with van der Waals surface area (Å²) in [4.78, 5) is 31.1. The molecule has 7 heteroatoms. The van der Waals surface area contributed by atoms with Gasteiger partial charge in [-0.1, -0.05) is 30.0 Å². The van der Waals surface area contributed by atoms with E-state index in [1.807, 2.05) is 47.7 Å². The summed E-state index contributed by atoms with van der Waals surface area (Å²) in [7, 11) is 0. The fourth-order valence-electron chi connectivity index (χ4n) is 3.46. The lowest BCUT2D eigenvalue weighted by Gasteiger charge is -2.32. The first-order valence-corrected chi connectivity index (χ1v) is 10.6. The smallest absolute Gasteiger partial charge is 0.309 e. The molecule has 0 N–H and O–H groups in total. The predicted octanol–water partition coefficient (Wildman–Crippen LogP) is 3.46. The highest BCUT2D eigenvalue weighted by Gasteiger charge is 2.30. The number of aromatic nitrogens is 2. The summed E-state index contributed by atoms with van der Waals surface area (Å²) in [5.41, 5.74) is 2.22. The molecule has 0 saturated carbocycles. The minimum absolute atomic E-state index is 0.0895. The molecule has 1 aromatic carbocycles. The van der Waals surface area contributed by atoms with Gasteiger partial charge in [0.2, 0.25) is 5.91 Å². The van der Waals surface area contributed by atoms with Crippen molar-refractivity contribution in [3.8, 4) is 5.69 Å². The fraction of sp³-hybridized carbons (Fsp3) is 0.476. The van der Waals surface area contributed by atoms with E-state index in [0.717, 1.165) is 16.4 Å². The molecular formula is C21H27N3O3S. The summed E-state index contributed by atoms with van der Waals surface area (Å²) in [6, 6.07) is 8.12. The Balaban J connectivity index is 1.61. The van der Waals surface area contributed by atoms with Crippen molar-refractivity contribution in [3.63, 3.8) is 0 Å². The number of rotatable bonds is 6. The zero-order valence-electron chi connectivity index (χ0n) is 16.6. The Bertz CT molecular complexity index is 828. The first-order chi connectivity index (χ1) is 13.5. The number of nitrogens with zero attached hydrogens (tertiary/aromatic N) is 3. The SMILES string of the molecule is CCOC(=O)C1CCN(C(=O)C(C)Sc2nccn2-c2ccccc2C)CC1. The minimum atomic E-state index is -0.246. The van der Waals surface area contributed by atoms with Crippen molar-refractivity contribution in [2.45, 2.75) is 44.0 Å². The average Bonchev–Trinajstić information content (AvgIpc) is 3.16. The molecule has 6 nitrogen and oxygen atoms in total. The van der Waals surface area contributed by atoms with Gasteiger partial charge in [0.25, 0.3) is 0 Å². The number of hydrogen-bond donors (Lipinski definition) is 0. The van der Waals surface area contributed by atoms with E-state index in [2.05, 4.69) is 18.0 Å². The summed E-state index contributed by atoms with van der Waals surface area (Å²) in [5, 5.41) is 0.556. The lowest BCUT2D eigenvalue weighted by molar-refractivity contribution is -0.151. The number of ether oxygens (including phenoxy) is 1. The van der Waals surface area contributed by atoms with Crippen LogP contribution in [0.4, 0.5) is 0 Å². The number of benzene rings is 1. The maximum absolute atomic E-state index is 12.9. The number of esters is 1. The highest BCUT2D eigenvalue weighted by Crippen LogP contribution is 2.28. The maximum atomic E-state index is 12.9. The van der Waals surface area contributed by atoms with Crippen molar-refractivity contribution in [2.24, 2.45) is 5.92 Å². The van der Waals surface area contributed by atoms with Crippen LogP contribution in [0.3, 0.4) is 0 Å². The van der Waals surface area contributed by atoms with Gasteiger partial charge in [-0.25, -0.2) is 4.98 Å². The van der Waals surface area contributed by atoms with Gasteiger partial charge >= 0.3 is 5.97 Å². The maximum Gasteiger partial charge on any atom is 0.309 e. The third-order valence-corrected chi connectivity index (χ3v) is 6.11. The van der Waals surface area contributed by atoms with E-state index >= 15 is 0 Å². The molecule has 1 aromatic heterocycles. The zero-order valence-corrected chi connectivity index (χ0v) is 17.4. The lowest BCUT2D eigenvalue weighted by atomic mass is 9.97. The van der Waals surface area contributed by atoms with Crippen molar-refractivity contribution >= 4 is 23.6 Å². The molecule has 0 spiro atoms. The summed E-state index contributed by atoms with van der Waals surface area (Å²) < 4.78 is 7.13. The van der Waals surface area contributed by atoms with Gasteiger partial charge in [0.1, 0.15) is 0 Å². The second-order valence-electron chi connectivity index (χ2n) is 6.98. The molecule has 3 rings (SSSR count). The number of para-hydroxylation sites is 1. The van der Waals surface area contributed by atoms with Gasteiger partial charge < -0.3 is 9.64 Å². The Morgan fingerprint density at radius 2 is 2.00 bits per heavy atom. The number of hydrogen-bond acceptors (Lipinski definition) is 5. The summed E-state index contributed by atoms with van der Waals surface area (Å²) in [6.45, 7) is 7.39. The van der Waals surface area contributed by atoms with Crippen LogP contribution in [0, 0.1) is 12.8 Å². The van der Waals surface area contributed by atoms with Crippen LogP contribution in [0.25, 0.3) is 5.69 Å². The van der Waals surface area contributed by atoms with Crippen molar-refractivity contribution in [3.05, 3.63) is 42.2 Å². The number of imidazole rings is 1. The first-order valence-electron chi connectivity index (χ1n) is 9.72. The van der Waals surface area contributed by atoms with Crippen molar-refractivity contribution in [2.75, 3.05) is 19.7 Å². The van der Waals surface area contributed by atoms with E-state index in [1.165, 1.54) is 11.8 Å². The van der Waals surface area contributed by atoms with Crippen LogP contribution >= 0.6 is 11.8 Å². The van der Waals surface area contributed by atoms with Crippen molar-refractivity contribution in [1.82, 2.24) is 14.5 Å². The molecule has 28 heavy (non-hydrogen) atoms. The summed E-state index contributed by atoms with van der Waals surface area (Å²) in [5.74, 6) is -0.143. The van der Waals surface area contributed by atoms with E-state index in [1.54, 1.807) is 6.20 Å². The molecular weight excluding hydrogens is 374 g/mol. The number of carbonyl (C=O) groups is 2. The average molecular weight is 402 g/mol. The number of piperidine rings is 1. The van der Waals surface area contributed by atoms with Crippen LogP contribution in [0.1, 0.15) is 32.3 Å². The Labute approximate surface area is 170 Å². The normalized spacial score (nSPS) is 16.0. The Hall–Kier alpha value is -2.28. The number of amides is 1. The van der Waals surface area contributed by atoms with Crippen LogP contribution in [-0.2, 0) is 14.3 Å². The molecule has 1 aliphatic heterocycles. The minimum Gasteiger partial charge on any atom is -0.466 e. The summed E-state index contributed by atoms with van der Waals surface area (Å²) in [6.07, 6.45) is 5.02. The largest absolute Gasteiger partial charge is 0.466 e. The highest BCUT2D eigenvalue weighted by atomic mass is 32.2. The molecule has 0 aliphatic carbocycles. The van der Waals surface area contributed by atoms with Gasteiger partial charge in [-0.05, 0) is 45.2 Å². The molecule has 1 atom stereocenters.